The van der Waals surface area contributed by atoms with E-state index in [-0.39, 0.29) is 11.8 Å². The lowest BCUT2D eigenvalue weighted by molar-refractivity contribution is 0.436. The molecule has 1 aromatic carbocycles. The van der Waals surface area contributed by atoms with Crippen molar-refractivity contribution < 1.29 is 4.74 Å². The number of ether oxygens (including phenoxy) is 1. The molecule has 0 amide bonds. The van der Waals surface area contributed by atoms with Gasteiger partial charge in [-0.15, -0.1) is 5.10 Å². The number of hydrogen-bond acceptors (Lipinski definition) is 4. The minimum absolute atomic E-state index is 0.0885. The molecule has 2 aromatic rings. The number of nitrogens with one attached hydrogen (secondary N) is 2. The van der Waals surface area contributed by atoms with Crippen LogP contribution in [0.25, 0.3) is 0 Å². The first-order valence-electron chi connectivity index (χ1n) is 7.14. The third-order valence-electron chi connectivity index (χ3n) is 3.86. The van der Waals surface area contributed by atoms with Crippen LogP contribution in [0.1, 0.15) is 36.1 Å². The van der Waals surface area contributed by atoms with Crippen molar-refractivity contribution in [3.05, 3.63) is 46.1 Å². The summed E-state index contributed by atoms with van der Waals surface area (Å²) >= 11 is 6.34. The second-order valence-electron chi connectivity index (χ2n) is 5.24. The minimum Gasteiger partial charge on any atom is -0.422 e. The predicted molar refractivity (Wildman–Crippen MR) is 83.3 cm³/mol. The number of nitriles is 1. The maximum atomic E-state index is 9.52. The number of aryl methyl sites for hydroxylation is 1. The van der Waals surface area contributed by atoms with E-state index in [0.29, 0.717) is 10.9 Å². The molecule has 2 unspecified atom stereocenters. The summed E-state index contributed by atoms with van der Waals surface area (Å²) in [5, 5.41) is 25.2. The molecule has 1 aliphatic heterocycles. The van der Waals surface area contributed by atoms with Crippen molar-refractivity contribution in [3.8, 4) is 11.9 Å². The summed E-state index contributed by atoms with van der Waals surface area (Å²) in [6.07, 6.45) is 1.75. The van der Waals surface area contributed by atoms with E-state index in [1.807, 2.05) is 18.2 Å². The molecule has 2 N–H and O–H groups in total. The van der Waals surface area contributed by atoms with E-state index in [4.69, 9.17) is 21.7 Å². The van der Waals surface area contributed by atoms with E-state index < -0.39 is 5.92 Å². The van der Waals surface area contributed by atoms with Crippen molar-refractivity contribution in [2.75, 3.05) is 0 Å². The first-order valence-corrected chi connectivity index (χ1v) is 7.52. The highest BCUT2D eigenvalue weighted by Crippen LogP contribution is 2.44. The van der Waals surface area contributed by atoms with Crippen molar-refractivity contribution in [2.45, 2.75) is 25.7 Å². The maximum Gasteiger partial charge on any atom is 0.243 e. The molecule has 0 bridgehead atoms. The van der Waals surface area contributed by atoms with Gasteiger partial charge >= 0.3 is 0 Å². The Balaban J connectivity index is 2.21. The molecule has 112 valence electrons. The van der Waals surface area contributed by atoms with Crippen molar-refractivity contribution in [1.82, 2.24) is 10.2 Å². The van der Waals surface area contributed by atoms with Gasteiger partial charge in [-0.05, 0) is 18.1 Å². The Hall–Kier alpha value is -2.32. The lowest BCUT2D eigenvalue weighted by Gasteiger charge is -2.28. The Morgan fingerprint density at radius 1 is 1.45 bits per heavy atom. The predicted octanol–water partition coefficient (Wildman–Crippen LogP) is 3.66. The summed E-state index contributed by atoms with van der Waals surface area (Å²) in [5.74, 6) is -0.754. The smallest absolute Gasteiger partial charge is 0.243 e. The molecule has 1 aromatic heterocycles. The number of halogens is 1. The fourth-order valence-electron chi connectivity index (χ4n) is 2.89. The molecule has 2 atom stereocenters. The fraction of sp³-hybridized carbons (Fsp3) is 0.312. The Kier molecular flexibility index (Phi) is 3.86. The summed E-state index contributed by atoms with van der Waals surface area (Å²) in [7, 11) is 0. The average Bonchev–Trinajstić information content (AvgIpc) is 2.89. The highest BCUT2D eigenvalue weighted by Gasteiger charge is 2.40. The zero-order valence-corrected chi connectivity index (χ0v) is 12.8. The van der Waals surface area contributed by atoms with Crippen LogP contribution in [0.4, 0.5) is 0 Å². The summed E-state index contributed by atoms with van der Waals surface area (Å²) < 4.78 is 5.43. The molecule has 0 radical (unpaired) electrons. The van der Waals surface area contributed by atoms with Gasteiger partial charge in [-0.2, -0.15) is 5.26 Å². The number of aromatic amines is 1. The Morgan fingerprint density at radius 2 is 2.23 bits per heavy atom. The van der Waals surface area contributed by atoms with Crippen molar-refractivity contribution in [1.29, 1.82) is 10.7 Å². The Bertz CT molecular complexity index is 762. The molecule has 6 heteroatoms. The molecular formula is C16H15ClN4O. The van der Waals surface area contributed by atoms with Crippen LogP contribution in [0.5, 0.6) is 5.88 Å². The Labute approximate surface area is 133 Å². The van der Waals surface area contributed by atoms with Crippen molar-refractivity contribution in [2.24, 2.45) is 5.92 Å². The molecule has 1 aliphatic rings. The third-order valence-corrected chi connectivity index (χ3v) is 4.20. The lowest BCUT2D eigenvalue weighted by atomic mass is 9.79. The van der Waals surface area contributed by atoms with Crippen molar-refractivity contribution >= 4 is 17.5 Å². The summed E-state index contributed by atoms with van der Waals surface area (Å²) in [6.45, 7) is 2.07. The molecule has 3 rings (SSSR count). The molecule has 22 heavy (non-hydrogen) atoms. The van der Waals surface area contributed by atoms with Gasteiger partial charge < -0.3 is 4.74 Å². The van der Waals surface area contributed by atoms with E-state index in [9.17, 15) is 5.26 Å². The van der Waals surface area contributed by atoms with Gasteiger partial charge in [0, 0.05) is 22.2 Å². The van der Waals surface area contributed by atoms with Crippen LogP contribution in [0, 0.1) is 22.7 Å². The first-order chi connectivity index (χ1) is 10.7. The SMILES string of the molecule is CCCc1[nH]nc2c1C(c1ccccc1Cl)C(C#N)C(=N)O2. The Morgan fingerprint density at radius 3 is 2.91 bits per heavy atom. The highest BCUT2D eigenvalue weighted by molar-refractivity contribution is 6.31. The molecule has 5 nitrogen and oxygen atoms in total. The van der Waals surface area contributed by atoms with Gasteiger partial charge in [-0.3, -0.25) is 10.5 Å². The second kappa shape index (κ2) is 5.82. The molecule has 2 heterocycles. The van der Waals surface area contributed by atoms with Crippen LogP contribution in [0.15, 0.2) is 24.3 Å². The van der Waals surface area contributed by atoms with E-state index in [0.717, 1.165) is 29.7 Å². The summed E-state index contributed by atoms with van der Waals surface area (Å²) in [4.78, 5) is 0. The molecule has 0 saturated carbocycles. The molecule has 0 aliphatic carbocycles. The summed E-state index contributed by atoms with van der Waals surface area (Å²) in [6, 6.07) is 9.60. The highest BCUT2D eigenvalue weighted by atomic mass is 35.5. The fourth-order valence-corrected chi connectivity index (χ4v) is 3.14. The maximum absolute atomic E-state index is 9.52. The first kappa shape index (κ1) is 14.6. The zero-order valence-electron chi connectivity index (χ0n) is 12.1. The average molecular weight is 315 g/mol. The van der Waals surface area contributed by atoms with Crippen LogP contribution >= 0.6 is 11.6 Å². The monoisotopic (exact) mass is 314 g/mol. The van der Waals surface area contributed by atoms with Gasteiger partial charge in [-0.1, -0.05) is 43.1 Å². The van der Waals surface area contributed by atoms with Gasteiger partial charge in [-0.25, -0.2) is 0 Å². The number of nitrogens with zero attached hydrogens (tertiary/aromatic N) is 2. The summed E-state index contributed by atoms with van der Waals surface area (Å²) in [5.41, 5.74) is 2.61. The quantitative estimate of drug-likeness (QED) is 0.906. The van der Waals surface area contributed by atoms with E-state index >= 15 is 0 Å². The van der Waals surface area contributed by atoms with E-state index in [1.54, 1.807) is 6.07 Å². The standard InChI is InChI=1S/C16H15ClN4O/c1-2-5-12-14-13(9-6-3-4-7-11(9)17)10(8-18)15(19)22-16(14)21-20-12/h3-4,6-7,10,13,19H,2,5H2,1H3,(H,20,21). The number of H-pyrrole nitrogens is 1. The second-order valence-corrected chi connectivity index (χ2v) is 5.65. The zero-order chi connectivity index (χ0) is 15.7. The number of benzene rings is 1. The van der Waals surface area contributed by atoms with Gasteiger partial charge in [0.25, 0.3) is 0 Å². The normalized spacial score (nSPS) is 20.1. The van der Waals surface area contributed by atoms with Crippen molar-refractivity contribution in [3.63, 3.8) is 0 Å². The topological polar surface area (TPSA) is 85.5 Å². The van der Waals surface area contributed by atoms with Gasteiger partial charge in [0.1, 0.15) is 5.92 Å². The van der Waals surface area contributed by atoms with Crippen LogP contribution in [0.3, 0.4) is 0 Å². The lowest BCUT2D eigenvalue weighted by Crippen LogP contribution is -2.31. The van der Waals surface area contributed by atoms with Crippen LogP contribution in [-0.2, 0) is 6.42 Å². The van der Waals surface area contributed by atoms with Crippen LogP contribution < -0.4 is 4.74 Å². The van der Waals surface area contributed by atoms with E-state index in [2.05, 4.69) is 23.2 Å². The molecule has 0 fully saturated rings. The van der Waals surface area contributed by atoms with E-state index in [1.165, 1.54) is 0 Å². The number of fused-ring (bicyclic) bond motifs is 1. The number of hydrogen-bond donors (Lipinski definition) is 2. The molecular weight excluding hydrogens is 300 g/mol. The van der Waals surface area contributed by atoms with Gasteiger partial charge in [0.2, 0.25) is 11.8 Å². The number of aromatic nitrogens is 2. The van der Waals surface area contributed by atoms with Crippen LogP contribution in [0.2, 0.25) is 5.02 Å². The largest absolute Gasteiger partial charge is 0.422 e. The number of rotatable bonds is 3. The molecule has 0 saturated heterocycles. The van der Waals surface area contributed by atoms with Crippen LogP contribution in [-0.4, -0.2) is 16.1 Å². The minimum atomic E-state index is -0.708. The third kappa shape index (κ3) is 2.26. The van der Waals surface area contributed by atoms with Gasteiger partial charge in [0.15, 0.2) is 0 Å². The van der Waals surface area contributed by atoms with Gasteiger partial charge in [0.05, 0.1) is 6.07 Å². The molecule has 0 spiro atoms.